The first-order chi connectivity index (χ1) is 23.3. The van der Waals surface area contributed by atoms with Crippen molar-refractivity contribution in [2.75, 3.05) is 157 Å². The summed E-state index contributed by atoms with van der Waals surface area (Å²) in [6.45, 7) is 15.5. The summed E-state index contributed by atoms with van der Waals surface area (Å²) in [6.07, 6.45) is -0.754. The first-order valence-corrected chi connectivity index (χ1v) is 17.5. The number of hydrogen-bond donors (Lipinski definition) is 2. The number of aliphatic carboxylic acids is 1. The smallest absolute Gasteiger partial charge is 0.408 e. The van der Waals surface area contributed by atoms with Crippen LogP contribution in [0.4, 0.5) is 4.79 Å². The number of thioether (sulfide) groups is 1. The SMILES string of the molecule is COCCOCCOCCOCCOCCOCCOCCOCCOCCOCCOCCSCC(NC(=O)OC(C)(C)C)C(=O)O. The van der Waals surface area contributed by atoms with Crippen molar-refractivity contribution in [3.05, 3.63) is 0 Å². The zero-order chi connectivity index (χ0) is 35.4. The Morgan fingerprint density at radius 1 is 0.542 bits per heavy atom. The third-order valence-electron chi connectivity index (χ3n) is 5.43. The molecule has 0 saturated carbocycles. The van der Waals surface area contributed by atoms with Gasteiger partial charge in [-0.15, -0.1) is 0 Å². The zero-order valence-corrected chi connectivity index (χ0v) is 30.2. The summed E-state index contributed by atoms with van der Waals surface area (Å²) in [5.74, 6) is -0.325. The van der Waals surface area contributed by atoms with Crippen LogP contribution in [0.5, 0.6) is 0 Å². The fourth-order valence-corrected chi connectivity index (χ4v) is 4.03. The normalized spacial score (nSPS) is 12.3. The van der Waals surface area contributed by atoms with Gasteiger partial charge in [0.25, 0.3) is 0 Å². The second kappa shape index (κ2) is 35.5. The highest BCUT2D eigenvalue weighted by molar-refractivity contribution is 7.99. The van der Waals surface area contributed by atoms with E-state index in [1.165, 1.54) is 11.8 Å². The lowest BCUT2D eigenvalue weighted by molar-refractivity contribution is -0.138. The molecule has 2 N–H and O–H groups in total. The molecule has 0 aliphatic rings. The molecule has 0 aliphatic heterocycles. The summed E-state index contributed by atoms with van der Waals surface area (Å²) < 4.78 is 64.3. The number of carboxylic acid groups (broad SMARTS) is 1. The van der Waals surface area contributed by atoms with Crippen molar-refractivity contribution in [2.45, 2.75) is 32.4 Å². The molecule has 48 heavy (non-hydrogen) atoms. The van der Waals surface area contributed by atoms with E-state index in [2.05, 4.69) is 5.32 Å². The Hall–Kier alpha value is -1.35. The Morgan fingerprint density at radius 3 is 1.10 bits per heavy atom. The topological polar surface area (TPSA) is 177 Å². The minimum absolute atomic E-state index is 0.207. The summed E-state index contributed by atoms with van der Waals surface area (Å²) in [7, 11) is 1.64. The van der Waals surface area contributed by atoms with E-state index in [1.807, 2.05) is 0 Å². The number of amides is 1. The van der Waals surface area contributed by atoms with Crippen molar-refractivity contribution >= 4 is 23.8 Å². The first kappa shape index (κ1) is 46.6. The third kappa shape index (κ3) is 37.5. The molecule has 1 amide bonds. The highest BCUT2D eigenvalue weighted by Crippen LogP contribution is 2.08. The van der Waals surface area contributed by atoms with Crippen LogP contribution in [0.3, 0.4) is 0 Å². The zero-order valence-electron chi connectivity index (χ0n) is 29.4. The van der Waals surface area contributed by atoms with Crippen LogP contribution in [-0.4, -0.2) is 186 Å². The van der Waals surface area contributed by atoms with Gasteiger partial charge in [-0.1, -0.05) is 0 Å². The van der Waals surface area contributed by atoms with Crippen LogP contribution < -0.4 is 5.32 Å². The van der Waals surface area contributed by atoms with Gasteiger partial charge in [0.1, 0.15) is 11.6 Å². The van der Waals surface area contributed by atoms with Crippen LogP contribution in [0, 0.1) is 0 Å². The van der Waals surface area contributed by atoms with Crippen LogP contribution in [0.1, 0.15) is 20.8 Å². The largest absolute Gasteiger partial charge is 0.480 e. The van der Waals surface area contributed by atoms with Crippen molar-refractivity contribution in [1.82, 2.24) is 5.32 Å². The molecule has 0 rings (SSSR count). The lowest BCUT2D eigenvalue weighted by Gasteiger charge is -2.21. The van der Waals surface area contributed by atoms with E-state index in [0.29, 0.717) is 144 Å². The summed E-state index contributed by atoms with van der Waals surface area (Å²) >= 11 is 1.37. The second-order valence-corrected chi connectivity index (χ2v) is 11.9. The molecule has 0 saturated heterocycles. The molecule has 1 unspecified atom stereocenters. The predicted molar refractivity (Wildman–Crippen MR) is 178 cm³/mol. The van der Waals surface area contributed by atoms with E-state index in [-0.39, 0.29) is 5.75 Å². The van der Waals surface area contributed by atoms with Crippen LogP contribution in [0.2, 0.25) is 0 Å². The van der Waals surface area contributed by atoms with Crippen molar-refractivity contribution in [1.29, 1.82) is 0 Å². The molecule has 17 heteroatoms. The molecule has 0 spiro atoms. The number of hydrogen-bond acceptors (Lipinski definition) is 15. The van der Waals surface area contributed by atoms with Crippen molar-refractivity contribution in [3.8, 4) is 0 Å². The van der Waals surface area contributed by atoms with Crippen molar-refractivity contribution in [3.63, 3.8) is 0 Å². The number of nitrogens with one attached hydrogen (secondary N) is 1. The van der Waals surface area contributed by atoms with Gasteiger partial charge in [-0.3, -0.25) is 0 Å². The fraction of sp³-hybridized carbons (Fsp3) is 0.935. The average Bonchev–Trinajstić information content (AvgIpc) is 3.03. The molecule has 0 heterocycles. The van der Waals surface area contributed by atoms with Gasteiger partial charge in [0, 0.05) is 18.6 Å². The van der Waals surface area contributed by atoms with Crippen LogP contribution in [0.25, 0.3) is 0 Å². The minimum Gasteiger partial charge on any atom is -0.480 e. The van der Waals surface area contributed by atoms with E-state index in [1.54, 1.807) is 27.9 Å². The quantitative estimate of drug-likeness (QED) is 0.0883. The molecule has 0 aromatic heterocycles. The summed E-state index contributed by atoms with van der Waals surface area (Å²) in [5.41, 5.74) is -0.696. The Morgan fingerprint density at radius 2 is 0.833 bits per heavy atom. The molecule has 0 aliphatic carbocycles. The fourth-order valence-electron chi connectivity index (χ4n) is 3.17. The summed E-state index contributed by atoms with van der Waals surface area (Å²) in [5, 5.41) is 11.6. The van der Waals surface area contributed by atoms with Crippen LogP contribution in [-0.2, 0) is 61.6 Å². The number of rotatable bonds is 37. The molecule has 0 fully saturated rings. The minimum atomic E-state index is -1.12. The lowest BCUT2D eigenvalue weighted by Crippen LogP contribution is -2.45. The molecule has 0 aromatic carbocycles. The van der Waals surface area contributed by atoms with Crippen molar-refractivity contribution < 1.29 is 71.5 Å². The van der Waals surface area contributed by atoms with Gasteiger partial charge >= 0.3 is 12.1 Å². The molecule has 16 nitrogen and oxygen atoms in total. The maximum absolute atomic E-state index is 11.8. The summed E-state index contributed by atoms with van der Waals surface area (Å²) in [6, 6.07) is -1.03. The first-order valence-electron chi connectivity index (χ1n) is 16.3. The molecular formula is C31H61NO15S. The number of carboxylic acids is 1. The van der Waals surface area contributed by atoms with Crippen molar-refractivity contribution in [2.24, 2.45) is 0 Å². The van der Waals surface area contributed by atoms with Gasteiger partial charge in [0.05, 0.1) is 139 Å². The molecule has 0 aromatic rings. The molecular weight excluding hydrogens is 658 g/mol. The lowest BCUT2D eigenvalue weighted by atomic mass is 10.2. The van der Waals surface area contributed by atoms with Gasteiger partial charge in [-0.05, 0) is 20.8 Å². The Bertz CT molecular complexity index is 718. The Kier molecular flexibility index (Phi) is 34.5. The molecule has 0 radical (unpaired) electrons. The van der Waals surface area contributed by atoms with Gasteiger partial charge in [-0.25, -0.2) is 9.59 Å². The predicted octanol–water partition coefficient (Wildman–Crippen LogP) is 1.51. The highest BCUT2D eigenvalue weighted by atomic mass is 32.2. The number of carbonyl (C=O) groups is 2. The van der Waals surface area contributed by atoms with E-state index in [9.17, 15) is 14.7 Å². The Balaban J connectivity index is 3.25. The standard InChI is InChI=1S/C31H61NO15S/c1-31(2,3)47-30(35)32-28(29(33)34)27-48-26-25-46-24-23-45-22-21-44-20-19-43-18-17-42-16-15-41-14-13-40-12-11-39-10-9-38-8-7-37-6-5-36-4/h28H,5-27H2,1-4H3,(H,32,35)(H,33,34). The maximum atomic E-state index is 11.8. The van der Waals surface area contributed by atoms with E-state index >= 15 is 0 Å². The maximum Gasteiger partial charge on any atom is 0.408 e. The third-order valence-corrected chi connectivity index (χ3v) is 6.45. The van der Waals surface area contributed by atoms with Crippen LogP contribution in [0.15, 0.2) is 0 Å². The van der Waals surface area contributed by atoms with E-state index in [4.69, 9.17) is 56.8 Å². The number of carbonyl (C=O) groups excluding carboxylic acids is 1. The molecule has 286 valence electrons. The van der Waals surface area contributed by atoms with E-state index < -0.39 is 23.7 Å². The van der Waals surface area contributed by atoms with Gasteiger partial charge in [0.15, 0.2) is 0 Å². The number of methoxy groups -OCH3 is 1. The highest BCUT2D eigenvalue weighted by Gasteiger charge is 2.23. The van der Waals surface area contributed by atoms with E-state index in [0.717, 1.165) is 0 Å². The van der Waals surface area contributed by atoms with Gasteiger partial charge in [-0.2, -0.15) is 11.8 Å². The summed E-state index contributed by atoms with van der Waals surface area (Å²) in [4.78, 5) is 23.1. The van der Waals surface area contributed by atoms with Gasteiger partial charge < -0.3 is 67.3 Å². The monoisotopic (exact) mass is 719 g/mol. The second-order valence-electron chi connectivity index (χ2n) is 10.7. The number of alkyl carbamates (subject to hydrolysis) is 1. The molecule has 0 bridgehead atoms. The van der Waals surface area contributed by atoms with Gasteiger partial charge in [0.2, 0.25) is 0 Å². The van der Waals surface area contributed by atoms with Crippen LogP contribution >= 0.6 is 11.8 Å². The Labute approximate surface area is 290 Å². The molecule has 1 atom stereocenters. The number of ether oxygens (including phenoxy) is 12. The average molecular weight is 720 g/mol.